The summed E-state index contributed by atoms with van der Waals surface area (Å²) in [5.74, 6) is 0.752. The summed E-state index contributed by atoms with van der Waals surface area (Å²) in [6.45, 7) is 10.3. The smallest absolute Gasteiger partial charge is 0.146 e. The van der Waals surface area contributed by atoms with E-state index in [0.29, 0.717) is 5.02 Å². The zero-order valence-corrected chi connectivity index (χ0v) is 17.4. The summed E-state index contributed by atoms with van der Waals surface area (Å²) in [5, 5.41) is 0.672. The van der Waals surface area contributed by atoms with E-state index < -0.39 is 0 Å². The second-order valence-electron chi connectivity index (χ2n) is 6.72. The van der Waals surface area contributed by atoms with Gasteiger partial charge in [0.25, 0.3) is 0 Å². The van der Waals surface area contributed by atoms with Crippen LogP contribution in [-0.2, 0) is 6.42 Å². The number of aryl methyl sites for hydroxylation is 2. The molecule has 3 heteroatoms. The molecule has 0 fully saturated rings. The lowest BCUT2D eigenvalue weighted by Gasteiger charge is -2.24. The SMILES string of the molecule is C=CN(C(=Nc1cccc(CC)c1C)c1ccc(C)cc1Cl)c1ccccc1. The number of amidine groups is 1. The summed E-state index contributed by atoms with van der Waals surface area (Å²) in [5.41, 5.74) is 6.38. The van der Waals surface area contributed by atoms with Gasteiger partial charge in [0.1, 0.15) is 5.84 Å². The lowest BCUT2D eigenvalue weighted by molar-refractivity contribution is 1.11. The van der Waals surface area contributed by atoms with Crippen LogP contribution in [0.25, 0.3) is 0 Å². The third kappa shape index (κ3) is 4.18. The maximum absolute atomic E-state index is 6.64. The highest BCUT2D eigenvalue weighted by molar-refractivity contribution is 6.35. The molecule has 0 unspecified atom stereocenters. The fourth-order valence-corrected chi connectivity index (χ4v) is 3.56. The molecular formula is C25H25ClN2. The first-order chi connectivity index (χ1) is 13.5. The van der Waals surface area contributed by atoms with Gasteiger partial charge in [-0.15, -0.1) is 0 Å². The molecule has 142 valence electrons. The number of aliphatic imine (C=N–C) groups is 1. The standard InChI is InChI=1S/C25H25ClN2/c1-5-20-11-10-14-24(19(20)4)27-25(22-16-15-18(3)17-23(22)26)28(6-2)21-12-8-7-9-13-21/h6-17H,2,5H2,1,3-4H3. The average Bonchev–Trinajstić information content (AvgIpc) is 2.70. The molecule has 0 N–H and O–H groups in total. The van der Waals surface area contributed by atoms with E-state index in [2.05, 4.69) is 38.6 Å². The van der Waals surface area contributed by atoms with Gasteiger partial charge in [-0.05, 0) is 67.3 Å². The van der Waals surface area contributed by atoms with Crippen LogP contribution in [0.1, 0.15) is 29.2 Å². The van der Waals surface area contributed by atoms with E-state index in [0.717, 1.165) is 34.8 Å². The van der Waals surface area contributed by atoms with Crippen LogP contribution in [0.4, 0.5) is 11.4 Å². The van der Waals surface area contributed by atoms with Gasteiger partial charge < -0.3 is 4.90 Å². The number of anilines is 1. The van der Waals surface area contributed by atoms with Crippen molar-refractivity contribution in [2.75, 3.05) is 4.90 Å². The molecule has 3 aromatic carbocycles. The summed E-state index contributed by atoms with van der Waals surface area (Å²) < 4.78 is 0. The van der Waals surface area contributed by atoms with Crippen molar-refractivity contribution < 1.29 is 0 Å². The first kappa shape index (κ1) is 19.9. The Bertz CT molecular complexity index is 1010. The van der Waals surface area contributed by atoms with E-state index in [1.807, 2.05) is 60.4 Å². The van der Waals surface area contributed by atoms with Crippen LogP contribution in [0.5, 0.6) is 0 Å². The van der Waals surface area contributed by atoms with E-state index in [9.17, 15) is 0 Å². The second kappa shape index (κ2) is 8.90. The predicted molar refractivity (Wildman–Crippen MR) is 122 cm³/mol. The minimum absolute atomic E-state index is 0.672. The Labute approximate surface area is 172 Å². The predicted octanol–water partition coefficient (Wildman–Crippen LogP) is 7.25. The zero-order chi connectivity index (χ0) is 20.1. The average molecular weight is 389 g/mol. The number of rotatable bonds is 5. The molecule has 0 aliphatic rings. The first-order valence-corrected chi connectivity index (χ1v) is 9.83. The van der Waals surface area contributed by atoms with Crippen molar-refractivity contribution in [1.29, 1.82) is 0 Å². The van der Waals surface area contributed by atoms with Crippen molar-refractivity contribution in [3.63, 3.8) is 0 Å². The molecule has 0 aliphatic carbocycles. The Balaban J connectivity index is 2.24. The Hall–Kier alpha value is -2.84. The van der Waals surface area contributed by atoms with Crippen LogP contribution in [0.15, 0.2) is 84.5 Å². The molecule has 28 heavy (non-hydrogen) atoms. The summed E-state index contributed by atoms with van der Waals surface area (Å²) >= 11 is 6.64. The van der Waals surface area contributed by atoms with Crippen LogP contribution in [0.3, 0.4) is 0 Å². The van der Waals surface area contributed by atoms with Crippen molar-refractivity contribution in [3.05, 3.63) is 107 Å². The van der Waals surface area contributed by atoms with E-state index in [1.54, 1.807) is 6.20 Å². The lowest BCUT2D eigenvalue weighted by Crippen LogP contribution is -2.26. The van der Waals surface area contributed by atoms with Gasteiger partial charge in [-0.1, -0.05) is 61.5 Å². The molecule has 0 bridgehead atoms. The molecule has 0 heterocycles. The second-order valence-corrected chi connectivity index (χ2v) is 7.13. The van der Waals surface area contributed by atoms with Gasteiger partial charge in [0.2, 0.25) is 0 Å². The van der Waals surface area contributed by atoms with E-state index in [1.165, 1.54) is 11.1 Å². The quantitative estimate of drug-likeness (QED) is 0.332. The Morgan fingerprint density at radius 2 is 1.79 bits per heavy atom. The highest BCUT2D eigenvalue weighted by Gasteiger charge is 2.17. The van der Waals surface area contributed by atoms with Crippen LogP contribution in [0.2, 0.25) is 5.02 Å². The fraction of sp³-hybridized carbons (Fsp3) is 0.160. The molecule has 0 aliphatic heterocycles. The molecule has 2 nitrogen and oxygen atoms in total. The monoisotopic (exact) mass is 388 g/mol. The maximum atomic E-state index is 6.64. The molecule has 0 radical (unpaired) electrons. The summed E-state index contributed by atoms with van der Waals surface area (Å²) in [4.78, 5) is 7.04. The number of halogens is 1. The molecule has 0 spiro atoms. The van der Waals surface area contributed by atoms with E-state index in [-0.39, 0.29) is 0 Å². The van der Waals surface area contributed by atoms with Gasteiger partial charge in [0, 0.05) is 17.5 Å². The Morgan fingerprint density at radius 1 is 1.04 bits per heavy atom. The number of nitrogens with zero attached hydrogens (tertiary/aromatic N) is 2. The van der Waals surface area contributed by atoms with Crippen LogP contribution in [-0.4, -0.2) is 5.84 Å². The summed E-state index contributed by atoms with van der Waals surface area (Å²) in [6, 6.07) is 22.4. The highest BCUT2D eigenvalue weighted by Crippen LogP contribution is 2.29. The topological polar surface area (TPSA) is 15.6 Å². The van der Waals surface area contributed by atoms with Gasteiger partial charge in [0.05, 0.1) is 10.7 Å². The molecule has 0 saturated carbocycles. The zero-order valence-electron chi connectivity index (χ0n) is 16.6. The highest BCUT2D eigenvalue weighted by atomic mass is 35.5. The van der Waals surface area contributed by atoms with Crippen molar-refractivity contribution in [2.45, 2.75) is 27.2 Å². The van der Waals surface area contributed by atoms with Crippen molar-refractivity contribution >= 4 is 28.8 Å². The molecule has 0 saturated heterocycles. The van der Waals surface area contributed by atoms with Gasteiger partial charge in [-0.2, -0.15) is 0 Å². The van der Waals surface area contributed by atoms with Gasteiger partial charge in [0.15, 0.2) is 0 Å². The molecule has 3 aromatic rings. The van der Waals surface area contributed by atoms with Crippen LogP contribution < -0.4 is 4.90 Å². The van der Waals surface area contributed by atoms with E-state index >= 15 is 0 Å². The number of benzene rings is 3. The van der Waals surface area contributed by atoms with Gasteiger partial charge >= 0.3 is 0 Å². The van der Waals surface area contributed by atoms with Crippen LogP contribution in [0, 0.1) is 13.8 Å². The minimum Gasteiger partial charge on any atom is -0.302 e. The number of hydrogen-bond donors (Lipinski definition) is 0. The van der Waals surface area contributed by atoms with Crippen molar-refractivity contribution in [3.8, 4) is 0 Å². The summed E-state index contributed by atoms with van der Waals surface area (Å²) in [6.07, 6.45) is 2.75. The van der Waals surface area contributed by atoms with Gasteiger partial charge in [-0.3, -0.25) is 0 Å². The van der Waals surface area contributed by atoms with Crippen molar-refractivity contribution in [1.82, 2.24) is 0 Å². The minimum atomic E-state index is 0.672. The van der Waals surface area contributed by atoms with Crippen molar-refractivity contribution in [2.24, 2.45) is 4.99 Å². The number of hydrogen-bond acceptors (Lipinski definition) is 1. The Kier molecular flexibility index (Phi) is 6.33. The normalized spacial score (nSPS) is 11.4. The van der Waals surface area contributed by atoms with Crippen LogP contribution >= 0.6 is 11.6 Å². The molecular weight excluding hydrogens is 364 g/mol. The maximum Gasteiger partial charge on any atom is 0.146 e. The lowest BCUT2D eigenvalue weighted by atomic mass is 10.0. The third-order valence-corrected chi connectivity index (χ3v) is 5.15. The first-order valence-electron chi connectivity index (χ1n) is 9.45. The molecule has 3 rings (SSSR count). The third-order valence-electron chi connectivity index (χ3n) is 4.84. The fourth-order valence-electron chi connectivity index (χ4n) is 3.24. The molecule has 0 amide bonds. The molecule has 0 atom stereocenters. The number of para-hydroxylation sites is 1. The van der Waals surface area contributed by atoms with Gasteiger partial charge in [-0.25, -0.2) is 4.99 Å². The Morgan fingerprint density at radius 3 is 2.43 bits per heavy atom. The summed E-state index contributed by atoms with van der Waals surface area (Å²) in [7, 11) is 0. The molecule has 0 aromatic heterocycles. The largest absolute Gasteiger partial charge is 0.302 e. The van der Waals surface area contributed by atoms with E-state index in [4.69, 9.17) is 16.6 Å².